The van der Waals surface area contributed by atoms with Crippen LogP contribution in [0.5, 0.6) is 0 Å². The lowest BCUT2D eigenvalue weighted by atomic mass is 10.3. The van der Waals surface area contributed by atoms with E-state index in [-0.39, 0.29) is 0 Å². The van der Waals surface area contributed by atoms with Crippen molar-refractivity contribution in [1.82, 2.24) is 14.4 Å². The highest BCUT2D eigenvalue weighted by molar-refractivity contribution is 5.79. The first-order chi connectivity index (χ1) is 7.40. The molecule has 0 amide bonds. The average molecular weight is 198 g/mol. The zero-order valence-electron chi connectivity index (χ0n) is 8.09. The molecule has 2 aromatic heterocycles. The van der Waals surface area contributed by atoms with Gasteiger partial charge in [-0.2, -0.15) is 0 Å². The molecule has 4 nitrogen and oxygen atoms in total. The number of aromatic nitrogens is 3. The summed E-state index contributed by atoms with van der Waals surface area (Å²) in [6, 6.07) is 9.88. The van der Waals surface area contributed by atoms with Crippen LogP contribution in [0, 0.1) is 0 Å². The van der Waals surface area contributed by atoms with Gasteiger partial charge in [0.05, 0.1) is 11.0 Å². The van der Waals surface area contributed by atoms with Gasteiger partial charge in [0.1, 0.15) is 0 Å². The van der Waals surface area contributed by atoms with Crippen LogP contribution in [-0.4, -0.2) is 14.4 Å². The van der Waals surface area contributed by atoms with Gasteiger partial charge in [0, 0.05) is 18.4 Å². The van der Waals surface area contributed by atoms with Crippen molar-refractivity contribution < 1.29 is 0 Å². The Morgan fingerprint density at radius 2 is 2.07 bits per heavy atom. The maximum Gasteiger partial charge on any atom is 0.235 e. The molecule has 0 radical (unpaired) electrons. The first kappa shape index (κ1) is 8.38. The lowest BCUT2D eigenvalue weighted by Gasteiger charge is -2.01. The fourth-order valence-electron chi connectivity index (χ4n) is 1.81. The van der Waals surface area contributed by atoms with Crippen LogP contribution in [0.15, 0.2) is 36.5 Å². The van der Waals surface area contributed by atoms with Crippen molar-refractivity contribution in [3.63, 3.8) is 0 Å². The van der Waals surface area contributed by atoms with Gasteiger partial charge in [0.2, 0.25) is 5.78 Å². The third-order valence-corrected chi connectivity index (χ3v) is 2.50. The third kappa shape index (κ3) is 1.12. The molecule has 0 atom stereocenters. The van der Waals surface area contributed by atoms with Gasteiger partial charge in [0.15, 0.2) is 0 Å². The fourth-order valence-corrected chi connectivity index (χ4v) is 1.81. The van der Waals surface area contributed by atoms with E-state index in [0.717, 1.165) is 16.7 Å². The highest BCUT2D eigenvalue weighted by atomic mass is 15.1. The van der Waals surface area contributed by atoms with Gasteiger partial charge in [-0.05, 0) is 18.2 Å². The number of para-hydroxylation sites is 2. The van der Waals surface area contributed by atoms with E-state index in [2.05, 4.69) is 9.97 Å². The van der Waals surface area contributed by atoms with Crippen molar-refractivity contribution in [2.75, 3.05) is 0 Å². The van der Waals surface area contributed by atoms with Gasteiger partial charge in [-0.15, -0.1) is 0 Å². The number of nitrogens with two attached hydrogens (primary N) is 1. The zero-order valence-corrected chi connectivity index (χ0v) is 8.09. The lowest BCUT2D eigenvalue weighted by Crippen LogP contribution is -2.04. The van der Waals surface area contributed by atoms with Crippen molar-refractivity contribution in [1.29, 1.82) is 0 Å². The smallest absolute Gasteiger partial charge is 0.235 e. The minimum absolute atomic E-state index is 0.485. The molecule has 3 aromatic rings. The van der Waals surface area contributed by atoms with Gasteiger partial charge in [-0.1, -0.05) is 12.1 Å². The molecule has 0 fully saturated rings. The maximum absolute atomic E-state index is 5.69. The van der Waals surface area contributed by atoms with Crippen molar-refractivity contribution in [2.24, 2.45) is 5.73 Å². The number of fused-ring (bicyclic) bond motifs is 3. The summed E-state index contributed by atoms with van der Waals surface area (Å²) in [4.78, 5) is 8.64. The van der Waals surface area contributed by atoms with Crippen molar-refractivity contribution in [2.45, 2.75) is 6.54 Å². The molecule has 74 valence electrons. The quantitative estimate of drug-likeness (QED) is 0.642. The van der Waals surface area contributed by atoms with Crippen LogP contribution in [0.4, 0.5) is 0 Å². The number of rotatable bonds is 1. The highest BCUT2D eigenvalue weighted by Crippen LogP contribution is 2.16. The van der Waals surface area contributed by atoms with Crippen LogP contribution in [0.3, 0.4) is 0 Å². The normalized spacial score (nSPS) is 11.3. The molecule has 0 saturated carbocycles. The molecule has 0 bridgehead atoms. The molecule has 0 spiro atoms. The number of nitrogens with zero attached hydrogens (tertiary/aromatic N) is 3. The van der Waals surface area contributed by atoms with E-state index in [1.54, 1.807) is 6.20 Å². The van der Waals surface area contributed by atoms with Crippen LogP contribution >= 0.6 is 0 Å². The molecular weight excluding hydrogens is 188 g/mol. The second-order valence-electron chi connectivity index (χ2n) is 3.38. The van der Waals surface area contributed by atoms with Crippen LogP contribution in [0.1, 0.15) is 5.69 Å². The average Bonchev–Trinajstić information content (AvgIpc) is 2.67. The Hall–Kier alpha value is -1.94. The summed E-state index contributed by atoms with van der Waals surface area (Å²) in [5.41, 5.74) is 8.72. The largest absolute Gasteiger partial charge is 0.325 e. The Bertz CT molecular complexity index is 627. The second-order valence-corrected chi connectivity index (χ2v) is 3.38. The number of imidazole rings is 1. The summed E-state index contributed by atoms with van der Waals surface area (Å²) in [6.45, 7) is 0.485. The monoisotopic (exact) mass is 198 g/mol. The first-order valence-corrected chi connectivity index (χ1v) is 4.81. The lowest BCUT2D eigenvalue weighted by molar-refractivity contribution is 0.941. The third-order valence-electron chi connectivity index (χ3n) is 2.50. The van der Waals surface area contributed by atoms with Gasteiger partial charge >= 0.3 is 0 Å². The van der Waals surface area contributed by atoms with E-state index in [9.17, 15) is 0 Å². The summed E-state index contributed by atoms with van der Waals surface area (Å²) >= 11 is 0. The highest BCUT2D eigenvalue weighted by Gasteiger charge is 2.06. The van der Waals surface area contributed by atoms with Gasteiger partial charge in [-0.3, -0.25) is 4.40 Å². The Morgan fingerprint density at radius 1 is 1.20 bits per heavy atom. The van der Waals surface area contributed by atoms with E-state index in [0.29, 0.717) is 12.3 Å². The van der Waals surface area contributed by atoms with E-state index >= 15 is 0 Å². The van der Waals surface area contributed by atoms with Gasteiger partial charge < -0.3 is 5.73 Å². The fraction of sp³-hybridized carbons (Fsp3) is 0.0909. The van der Waals surface area contributed by atoms with Crippen molar-refractivity contribution >= 4 is 16.8 Å². The van der Waals surface area contributed by atoms with Gasteiger partial charge in [0.25, 0.3) is 0 Å². The number of hydrogen-bond acceptors (Lipinski definition) is 3. The molecule has 4 heteroatoms. The van der Waals surface area contributed by atoms with Crippen molar-refractivity contribution in [3.05, 3.63) is 42.2 Å². The molecule has 1 aromatic carbocycles. The predicted molar refractivity (Wildman–Crippen MR) is 58.4 cm³/mol. The van der Waals surface area contributed by atoms with Crippen molar-refractivity contribution in [3.8, 4) is 0 Å². The topological polar surface area (TPSA) is 56.2 Å². The molecular formula is C11H10N4. The Balaban J connectivity index is 2.56. The standard InChI is InChI=1S/C11H10N4/c12-7-8-5-6-13-11-14-9-3-1-2-4-10(9)15(8)11/h1-6H,7,12H2. The SMILES string of the molecule is NCc1ccnc2nc3ccccc3n12. The molecule has 15 heavy (non-hydrogen) atoms. The Labute approximate surface area is 86.4 Å². The molecule has 0 aliphatic rings. The van der Waals surface area contributed by atoms with Crippen LogP contribution < -0.4 is 5.73 Å². The van der Waals surface area contributed by atoms with E-state index in [1.807, 2.05) is 34.7 Å². The summed E-state index contributed by atoms with van der Waals surface area (Å²) in [5, 5.41) is 0. The van der Waals surface area contributed by atoms with Gasteiger partial charge in [-0.25, -0.2) is 9.97 Å². The van der Waals surface area contributed by atoms with Crippen LogP contribution in [0.25, 0.3) is 16.8 Å². The zero-order chi connectivity index (χ0) is 10.3. The van der Waals surface area contributed by atoms with Crippen LogP contribution in [-0.2, 0) is 6.54 Å². The Kier molecular flexibility index (Phi) is 1.69. The van der Waals surface area contributed by atoms with E-state index in [1.165, 1.54) is 0 Å². The van der Waals surface area contributed by atoms with E-state index in [4.69, 9.17) is 5.73 Å². The summed E-state index contributed by atoms with van der Waals surface area (Å²) < 4.78 is 2.00. The Morgan fingerprint density at radius 3 is 2.93 bits per heavy atom. The molecule has 0 unspecified atom stereocenters. The molecule has 2 heterocycles. The number of benzene rings is 1. The maximum atomic E-state index is 5.69. The molecule has 0 aliphatic heterocycles. The molecule has 0 aliphatic carbocycles. The van der Waals surface area contributed by atoms with E-state index < -0.39 is 0 Å². The molecule has 3 rings (SSSR count). The summed E-state index contributed by atoms with van der Waals surface area (Å²) in [5.74, 6) is 0.708. The summed E-state index contributed by atoms with van der Waals surface area (Å²) in [6.07, 6.45) is 1.74. The molecule has 0 saturated heterocycles. The predicted octanol–water partition coefficient (Wildman–Crippen LogP) is 1.34. The minimum atomic E-state index is 0.485. The van der Waals surface area contributed by atoms with Crippen LogP contribution in [0.2, 0.25) is 0 Å². The molecule has 2 N–H and O–H groups in total. The first-order valence-electron chi connectivity index (χ1n) is 4.81. The summed E-state index contributed by atoms with van der Waals surface area (Å²) in [7, 11) is 0. The second kappa shape index (κ2) is 3.03. The minimum Gasteiger partial charge on any atom is -0.325 e. The number of hydrogen-bond donors (Lipinski definition) is 1.